The molecule has 0 fully saturated rings. The number of rotatable bonds is 8. The number of carbonyl (C=O) groups is 1. The van der Waals surface area contributed by atoms with Crippen molar-refractivity contribution in [2.45, 2.75) is 12.8 Å². The van der Waals surface area contributed by atoms with Crippen LogP contribution in [0.2, 0.25) is 5.02 Å². The molecule has 0 saturated carbocycles. The molecule has 0 radical (unpaired) electrons. The average Bonchev–Trinajstić information content (AvgIpc) is 2.54. The number of hydrogen-bond donors (Lipinski definition) is 2. The van der Waals surface area contributed by atoms with Gasteiger partial charge in [-0.05, 0) is 42.8 Å². The average molecular weight is 383 g/mol. The smallest absolute Gasteiger partial charge is 0.229 e. The van der Waals surface area contributed by atoms with Crippen LogP contribution < -0.4 is 14.8 Å². The first kappa shape index (κ1) is 19.1. The second kappa shape index (κ2) is 8.73. The Morgan fingerprint density at radius 1 is 1.08 bits per heavy atom. The molecule has 0 aliphatic carbocycles. The summed E-state index contributed by atoms with van der Waals surface area (Å²) < 4.78 is 30.1. The Kier molecular flexibility index (Phi) is 6.66. The largest absolute Gasteiger partial charge is 0.492 e. The van der Waals surface area contributed by atoms with E-state index in [0.717, 1.165) is 6.26 Å². The first-order valence-corrected chi connectivity index (χ1v) is 9.85. The van der Waals surface area contributed by atoms with Gasteiger partial charge >= 0.3 is 0 Å². The molecule has 0 aliphatic rings. The van der Waals surface area contributed by atoms with E-state index in [2.05, 4.69) is 10.0 Å². The summed E-state index contributed by atoms with van der Waals surface area (Å²) in [6.07, 6.45) is 1.92. The molecule has 0 atom stereocenters. The monoisotopic (exact) mass is 382 g/mol. The number of sulfonamides is 1. The molecule has 0 unspecified atom stereocenters. The molecule has 0 aromatic heterocycles. The maximum absolute atomic E-state index is 11.9. The van der Waals surface area contributed by atoms with E-state index in [1.54, 1.807) is 36.4 Å². The van der Waals surface area contributed by atoms with Crippen LogP contribution in [0.3, 0.4) is 0 Å². The van der Waals surface area contributed by atoms with Gasteiger partial charge in [-0.1, -0.05) is 23.7 Å². The summed E-state index contributed by atoms with van der Waals surface area (Å²) in [7, 11) is -3.31. The van der Waals surface area contributed by atoms with E-state index in [1.807, 2.05) is 12.1 Å². The van der Waals surface area contributed by atoms with Crippen molar-refractivity contribution in [1.29, 1.82) is 0 Å². The van der Waals surface area contributed by atoms with Gasteiger partial charge in [-0.3, -0.25) is 9.52 Å². The lowest BCUT2D eigenvalue weighted by Gasteiger charge is -2.09. The minimum Gasteiger partial charge on any atom is -0.492 e. The second-order valence-corrected chi connectivity index (χ2v) is 7.54. The Bertz CT molecular complexity index is 823. The topological polar surface area (TPSA) is 84.5 Å². The lowest BCUT2D eigenvalue weighted by atomic mass is 10.2. The molecule has 2 aromatic rings. The summed E-state index contributed by atoms with van der Waals surface area (Å²) in [5.74, 6) is 0.449. The number of ether oxygens (including phenoxy) is 1. The van der Waals surface area contributed by atoms with Crippen molar-refractivity contribution in [3.8, 4) is 5.75 Å². The zero-order valence-corrected chi connectivity index (χ0v) is 15.2. The van der Waals surface area contributed by atoms with Crippen molar-refractivity contribution < 1.29 is 17.9 Å². The number of amides is 1. The summed E-state index contributed by atoms with van der Waals surface area (Å²) in [6.45, 7) is 0.383. The number of benzene rings is 2. The summed E-state index contributed by atoms with van der Waals surface area (Å²) >= 11 is 5.98. The van der Waals surface area contributed by atoms with Crippen molar-refractivity contribution >= 4 is 38.9 Å². The third kappa shape index (κ3) is 7.03. The van der Waals surface area contributed by atoms with Crippen LogP contribution in [0.4, 0.5) is 11.4 Å². The van der Waals surface area contributed by atoms with Crippen LogP contribution in [0.25, 0.3) is 0 Å². The van der Waals surface area contributed by atoms with Gasteiger partial charge in [-0.25, -0.2) is 8.42 Å². The van der Waals surface area contributed by atoms with Gasteiger partial charge in [-0.15, -0.1) is 0 Å². The Hall–Kier alpha value is -2.25. The van der Waals surface area contributed by atoms with Crippen molar-refractivity contribution in [3.05, 3.63) is 53.6 Å². The van der Waals surface area contributed by atoms with Gasteiger partial charge in [0, 0.05) is 17.8 Å². The minimum atomic E-state index is -3.31. The van der Waals surface area contributed by atoms with Gasteiger partial charge in [0.1, 0.15) is 5.75 Å². The molecule has 134 valence electrons. The van der Waals surface area contributed by atoms with Crippen LogP contribution in [0.5, 0.6) is 5.75 Å². The van der Waals surface area contributed by atoms with Crippen LogP contribution in [0, 0.1) is 0 Å². The maximum Gasteiger partial charge on any atom is 0.229 e. The molecular formula is C17H19ClN2O4S. The normalized spacial score (nSPS) is 11.0. The third-order valence-corrected chi connectivity index (χ3v) is 4.03. The molecule has 1 amide bonds. The van der Waals surface area contributed by atoms with E-state index in [4.69, 9.17) is 16.3 Å². The lowest BCUT2D eigenvalue weighted by Crippen LogP contribution is -2.13. The van der Waals surface area contributed by atoms with E-state index < -0.39 is 10.0 Å². The van der Waals surface area contributed by atoms with Gasteiger partial charge in [-0.2, -0.15) is 0 Å². The second-order valence-electron chi connectivity index (χ2n) is 5.38. The van der Waals surface area contributed by atoms with Gasteiger partial charge in [0.2, 0.25) is 15.9 Å². The van der Waals surface area contributed by atoms with Crippen LogP contribution in [-0.4, -0.2) is 27.2 Å². The Morgan fingerprint density at radius 3 is 2.36 bits per heavy atom. The fraction of sp³-hybridized carbons (Fsp3) is 0.235. The fourth-order valence-electron chi connectivity index (χ4n) is 2.04. The van der Waals surface area contributed by atoms with Crippen molar-refractivity contribution in [1.82, 2.24) is 0 Å². The molecule has 0 aliphatic heterocycles. The van der Waals surface area contributed by atoms with Crippen LogP contribution >= 0.6 is 11.6 Å². The number of anilines is 2. The highest BCUT2D eigenvalue weighted by atomic mass is 35.5. The molecule has 2 rings (SSSR count). The Morgan fingerprint density at radius 2 is 1.72 bits per heavy atom. The summed E-state index contributed by atoms with van der Waals surface area (Å²) in [4.78, 5) is 11.9. The first-order valence-electron chi connectivity index (χ1n) is 7.58. The highest BCUT2D eigenvalue weighted by molar-refractivity contribution is 7.92. The number of hydrogen-bond acceptors (Lipinski definition) is 4. The zero-order chi connectivity index (χ0) is 18.3. The maximum atomic E-state index is 11.9. The van der Waals surface area contributed by atoms with Crippen LogP contribution in [0.1, 0.15) is 12.8 Å². The van der Waals surface area contributed by atoms with Gasteiger partial charge in [0.25, 0.3) is 0 Å². The summed E-state index contributed by atoms with van der Waals surface area (Å²) in [5, 5.41) is 3.28. The minimum absolute atomic E-state index is 0.147. The van der Waals surface area contributed by atoms with E-state index in [1.165, 1.54) is 0 Å². The molecule has 0 spiro atoms. The van der Waals surface area contributed by atoms with Crippen molar-refractivity contribution in [3.63, 3.8) is 0 Å². The first-order chi connectivity index (χ1) is 11.8. The highest BCUT2D eigenvalue weighted by Gasteiger charge is 2.05. The molecule has 8 heteroatoms. The van der Waals surface area contributed by atoms with E-state index in [0.29, 0.717) is 41.6 Å². The van der Waals surface area contributed by atoms with Crippen LogP contribution in [-0.2, 0) is 14.8 Å². The van der Waals surface area contributed by atoms with Gasteiger partial charge < -0.3 is 10.1 Å². The molecular weight excluding hydrogens is 364 g/mol. The molecule has 25 heavy (non-hydrogen) atoms. The number of para-hydroxylation sites is 1. The highest BCUT2D eigenvalue weighted by Crippen LogP contribution is 2.23. The molecule has 6 nitrogen and oxygen atoms in total. The predicted molar refractivity (Wildman–Crippen MR) is 99.7 cm³/mol. The van der Waals surface area contributed by atoms with Crippen LogP contribution in [0.15, 0.2) is 48.5 Å². The number of carbonyl (C=O) groups excluding carboxylic acids is 1. The zero-order valence-electron chi connectivity index (χ0n) is 13.7. The SMILES string of the molecule is CS(=O)(=O)Nc1ccc(NC(=O)CCCOc2ccccc2Cl)cc1. The predicted octanol–water partition coefficient (Wildman–Crippen LogP) is 3.51. The summed E-state index contributed by atoms with van der Waals surface area (Å²) in [5.41, 5.74) is 1.03. The number of nitrogens with one attached hydrogen (secondary N) is 2. The summed E-state index contributed by atoms with van der Waals surface area (Å²) in [6, 6.07) is 13.6. The molecule has 0 bridgehead atoms. The van der Waals surface area contributed by atoms with E-state index >= 15 is 0 Å². The third-order valence-electron chi connectivity index (χ3n) is 3.11. The van der Waals surface area contributed by atoms with Gasteiger partial charge in [0.05, 0.1) is 17.9 Å². The number of halogens is 1. The standard InChI is InChI=1S/C17H19ClN2O4S/c1-25(22,23)20-14-10-8-13(9-11-14)19-17(21)7-4-12-24-16-6-3-2-5-15(16)18/h2-3,5-6,8-11,20H,4,7,12H2,1H3,(H,19,21). The van der Waals surface area contributed by atoms with E-state index in [9.17, 15) is 13.2 Å². The lowest BCUT2D eigenvalue weighted by molar-refractivity contribution is -0.116. The fourth-order valence-corrected chi connectivity index (χ4v) is 2.79. The molecule has 0 heterocycles. The molecule has 0 saturated heterocycles. The Balaban J connectivity index is 1.74. The van der Waals surface area contributed by atoms with Gasteiger partial charge in [0.15, 0.2) is 0 Å². The molecule has 2 aromatic carbocycles. The Labute approximate surface area is 152 Å². The quantitative estimate of drug-likeness (QED) is 0.684. The van der Waals surface area contributed by atoms with Crippen molar-refractivity contribution in [2.24, 2.45) is 0 Å². The van der Waals surface area contributed by atoms with E-state index in [-0.39, 0.29) is 5.91 Å². The van der Waals surface area contributed by atoms with Crippen molar-refractivity contribution in [2.75, 3.05) is 22.9 Å². The molecule has 2 N–H and O–H groups in total.